The summed E-state index contributed by atoms with van der Waals surface area (Å²) in [6.07, 6.45) is -3.03. The molecule has 2 aromatic heterocycles. The van der Waals surface area contributed by atoms with Crippen LogP contribution in [0.25, 0.3) is 10.9 Å². The Bertz CT molecular complexity index is 2040. The van der Waals surface area contributed by atoms with E-state index in [1.165, 1.54) is 18.1 Å². The minimum absolute atomic E-state index is 0.0345. The van der Waals surface area contributed by atoms with Crippen molar-refractivity contribution in [1.29, 1.82) is 0 Å². The van der Waals surface area contributed by atoms with E-state index in [2.05, 4.69) is 16.0 Å². The van der Waals surface area contributed by atoms with Crippen LogP contribution in [-0.4, -0.2) is 77.6 Å². The number of anilines is 1. The van der Waals surface area contributed by atoms with Crippen LogP contribution in [0.5, 0.6) is 23.1 Å². The quantitative estimate of drug-likeness (QED) is 0.141. The zero-order chi connectivity index (χ0) is 37.0. The zero-order valence-corrected chi connectivity index (χ0v) is 29.4. The first-order valence-electron chi connectivity index (χ1n) is 17.0. The molecule has 6 rings (SSSR count). The van der Waals surface area contributed by atoms with Gasteiger partial charge in [-0.15, -0.1) is 0 Å². The number of benzene rings is 3. The summed E-state index contributed by atoms with van der Waals surface area (Å²) in [5.41, 5.74) is 2.31. The van der Waals surface area contributed by atoms with Crippen molar-refractivity contribution < 1.29 is 37.0 Å². The molecule has 2 amide bonds. The van der Waals surface area contributed by atoms with E-state index >= 15 is 0 Å². The molecule has 0 N–H and O–H groups in total. The van der Waals surface area contributed by atoms with Gasteiger partial charge in [-0.1, -0.05) is 6.07 Å². The summed E-state index contributed by atoms with van der Waals surface area (Å²) in [6.45, 7) is 8.48. The molecule has 0 radical (unpaired) electrons. The number of alkyl halides is 3. The highest BCUT2D eigenvalue weighted by atomic mass is 19.4. The van der Waals surface area contributed by atoms with E-state index in [1.54, 1.807) is 18.2 Å². The fourth-order valence-corrected chi connectivity index (χ4v) is 6.18. The molecule has 10 nitrogen and oxygen atoms in total. The molecule has 0 spiro atoms. The number of aryl methyl sites for hydroxylation is 1. The summed E-state index contributed by atoms with van der Waals surface area (Å²) in [6, 6.07) is 20.7. The molecular formula is C39H40F3N5O5. The summed E-state index contributed by atoms with van der Waals surface area (Å²) >= 11 is 0. The topological polar surface area (TPSA) is 89.4 Å². The van der Waals surface area contributed by atoms with Gasteiger partial charge in [0.05, 0.1) is 30.7 Å². The van der Waals surface area contributed by atoms with Gasteiger partial charge in [-0.2, -0.15) is 13.2 Å². The Labute approximate surface area is 299 Å². The number of carbonyl (C=O) groups excluding carboxylic acids is 2. The first kappa shape index (κ1) is 36.2. The third kappa shape index (κ3) is 7.99. The lowest BCUT2D eigenvalue weighted by Gasteiger charge is -2.34. The van der Waals surface area contributed by atoms with Crippen LogP contribution in [0.15, 0.2) is 85.1 Å². The maximum atomic E-state index is 13.7. The third-order valence-corrected chi connectivity index (χ3v) is 9.00. The number of aromatic nitrogens is 2. The van der Waals surface area contributed by atoms with Crippen molar-refractivity contribution in [2.24, 2.45) is 7.05 Å². The van der Waals surface area contributed by atoms with Crippen LogP contribution in [0.4, 0.5) is 18.9 Å². The Kier molecular flexibility index (Phi) is 10.7. The normalized spacial score (nSPS) is 13.6. The van der Waals surface area contributed by atoms with Crippen molar-refractivity contribution in [1.82, 2.24) is 19.4 Å². The van der Waals surface area contributed by atoms with Gasteiger partial charge in [0, 0.05) is 69.4 Å². The van der Waals surface area contributed by atoms with E-state index in [1.807, 2.05) is 60.7 Å². The van der Waals surface area contributed by atoms with Crippen molar-refractivity contribution >= 4 is 28.4 Å². The van der Waals surface area contributed by atoms with E-state index in [4.69, 9.17) is 14.2 Å². The van der Waals surface area contributed by atoms with Crippen LogP contribution in [0.2, 0.25) is 0 Å². The molecule has 0 aliphatic carbocycles. The Balaban J connectivity index is 1.06. The second kappa shape index (κ2) is 15.4. The fourth-order valence-electron chi connectivity index (χ4n) is 6.18. The first-order chi connectivity index (χ1) is 24.9. The smallest absolute Gasteiger partial charge is 0.416 e. The summed E-state index contributed by atoms with van der Waals surface area (Å²) < 4.78 is 58.1. The Hall–Kier alpha value is -5.56. The average molecular weight is 716 g/mol. The molecule has 1 saturated heterocycles. The summed E-state index contributed by atoms with van der Waals surface area (Å²) in [5, 5.41) is 0.834. The van der Waals surface area contributed by atoms with Gasteiger partial charge in [-0.05, 0) is 86.1 Å². The van der Waals surface area contributed by atoms with Crippen LogP contribution >= 0.6 is 0 Å². The molecule has 5 aromatic rings. The van der Waals surface area contributed by atoms with Crippen LogP contribution in [0.1, 0.15) is 45.8 Å². The highest BCUT2D eigenvalue weighted by molar-refractivity contribution is 6.05. The second-order valence-corrected chi connectivity index (χ2v) is 12.4. The highest BCUT2D eigenvalue weighted by Crippen LogP contribution is 2.32. The molecule has 52 heavy (non-hydrogen) atoms. The summed E-state index contributed by atoms with van der Waals surface area (Å²) in [7, 11) is 3.39. The predicted octanol–water partition coefficient (Wildman–Crippen LogP) is 7.42. The van der Waals surface area contributed by atoms with Gasteiger partial charge in [-0.3, -0.25) is 14.5 Å². The molecule has 13 heteroatoms. The van der Waals surface area contributed by atoms with Crippen LogP contribution < -0.4 is 19.1 Å². The molecule has 3 aromatic carbocycles. The van der Waals surface area contributed by atoms with Gasteiger partial charge in [0.1, 0.15) is 11.4 Å². The van der Waals surface area contributed by atoms with Gasteiger partial charge < -0.3 is 28.6 Å². The minimum Gasteiger partial charge on any atom is -0.490 e. The maximum Gasteiger partial charge on any atom is 0.416 e. The molecule has 0 saturated carbocycles. The SMILES string of the molecule is CCOc1ccc(CN2CCN(C(=O)c3cc4cc(Oc5ccc(N(C)C(=O)c6ccc(C(F)(F)F)cc6)cn5)ccc4n3C)CC2)cc1OCC. The van der Waals surface area contributed by atoms with Crippen molar-refractivity contribution in [3.63, 3.8) is 0 Å². The van der Waals surface area contributed by atoms with Gasteiger partial charge in [0.2, 0.25) is 5.88 Å². The molecule has 1 aliphatic rings. The number of hydrogen-bond acceptors (Lipinski definition) is 7. The third-order valence-electron chi connectivity index (χ3n) is 9.00. The number of hydrogen-bond donors (Lipinski definition) is 0. The van der Waals surface area contributed by atoms with Crippen LogP contribution in [0.3, 0.4) is 0 Å². The zero-order valence-electron chi connectivity index (χ0n) is 29.4. The van der Waals surface area contributed by atoms with Crippen molar-refractivity contribution in [2.45, 2.75) is 26.6 Å². The lowest BCUT2D eigenvalue weighted by Crippen LogP contribution is -2.48. The summed E-state index contributed by atoms with van der Waals surface area (Å²) in [5.74, 6) is 1.76. The fraction of sp³-hybridized carbons (Fsp3) is 0.308. The molecule has 3 heterocycles. The molecule has 0 bridgehead atoms. The molecule has 1 aliphatic heterocycles. The predicted molar refractivity (Wildman–Crippen MR) is 191 cm³/mol. The Morgan fingerprint density at radius 3 is 2.21 bits per heavy atom. The monoisotopic (exact) mass is 715 g/mol. The van der Waals surface area contributed by atoms with Gasteiger partial charge in [0.15, 0.2) is 11.5 Å². The molecule has 1 fully saturated rings. The van der Waals surface area contributed by atoms with Crippen LogP contribution in [0, 0.1) is 0 Å². The number of ether oxygens (including phenoxy) is 3. The molecular weight excluding hydrogens is 675 g/mol. The average Bonchev–Trinajstić information content (AvgIpc) is 3.47. The number of nitrogens with zero attached hydrogens (tertiary/aromatic N) is 5. The Morgan fingerprint density at radius 2 is 1.56 bits per heavy atom. The highest BCUT2D eigenvalue weighted by Gasteiger charge is 2.30. The van der Waals surface area contributed by atoms with E-state index in [9.17, 15) is 22.8 Å². The number of pyridine rings is 1. The van der Waals surface area contributed by atoms with Crippen molar-refractivity contribution in [2.75, 3.05) is 51.3 Å². The molecule has 0 atom stereocenters. The van der Waals surface area contributed by atoms with E-state index in [-0.39, 0.29) is 17.4 Å². The second-order valence-electron chi connectivity index (χ2n) is 12.4. The first-order valence-corrected chi connectivity index (χ1v) is 17.0. The Morgan fingerprint density at radius 1 is 0.846 bits per heavy atom. The number of piperazine rings is 1. The van der Waals surface area contributed by atoms with Crippen molar-refractivity contribution in [3.8, 4) is 23.1 Å². The van der Waals surface area contributed by atoms with E-state index < -0.39 is 17.6 Å². The summed E-state index contributed by atoms with van der Waals surface area (Å²) in [4.78, 5) is 36.4. The number of amides is 2. The molecule has 272 valence electrons. The lowest BCUT2D eigenvalue weighted by atomic mass is 10.1. The number of halogens is 3. The van der Waals surface area contributed by atoms with Gasteiger partial charge >= 0.3 is 6.18 Å². The van der Waals surface area contributed by atoms with E-state index in [0.29, 0.717) is 43.4 Å². The molecule has 0 unspecified atom stereocenters. The lowest BCUT2D eigenvalue weighted by molar-refractivity contribution is -0.137. The standard InChI is InChI=1S/C39H40F3N5O5/c1-5-50-34-15-7-26(21-35(34)51-6-2)25-46-17-19-47(20-18-46)38(49)33-23-28-22-31(13-14-32(28)45(33)4)52-36-16-12-30(24-43-36)44(3)37(48)27-8-10-29(11-9-27)39(40,41)42/h7-16,21-24H,5-6,17-20,25H2,1-4H3. The van der Waals surface area contributed by atoms with Crippen molar-refractivity contribution in [3.05, 3.63) is 107 Å². The largest absolute Gasteiger partial charge is 0.490 e. The maximum absolute atomic E-state index is 13.7. The number of rotatable bonds is 11. The number of fused-ring (bicyclic) bond motifs is 1. The van der Waals surface area contributed by atoms with Gasteiger partial charge in [0.25, 0.3) is 11.8 Å². The van der Waals surface area contributed by atoms with Crippen LogP contribution in [-0.2, 0) is 19.8 Å². The van der Waals surface area contributed by atoms with E-state index in [0.717, 1.165) is 71.9 Å². The van der Waals surface area contributed by atoms with Gasteiger partial charge in [-0.25, -0.2) is 4.98 Å². The minimum atomic E-state index is -4.48. The number of carbonyl (C=O) groups is 2.